The van der Waals surface area contributed by atoms with Gasteiger partial charge in [-0.15, -0.1) is 21.5 Å². The highest BCUT2D eigenvalue weighted by Crippen LogP contribution is 2.36. The van der Waals surface area contributed by atoms with Crippen molar-refractivity contribution in [1.82, 2.24) is 19.9 Å². The average Bonchev–Trinajstić information content (AvgIpc) is 3.04. The number of rotatable bonds is 5. The molecule has 0 saturated carbocycles. The second-order valence-corrected chi connectivity index (χ2v) is 6.57. The molecule has 1 amide bonds. The fraction of sp³-hybridized carbons (Fsp3) is 0.222. The summed E-state index contributed by atoms with van der Waals surface area (Å²) in [5.41, 5.74) is -0.0448. The Kier molecular flexibility index (Phi) is 4.97. The number of thiazole rings is 1. The number of carbonyl (C=O) groups excluding carboxylic acids is 1. The van der Waals surface area contributed by atoms with Gasteiger partial charge in [0.2, 0.25) is 5.91 Å². The summed E-state index contributed by atoms with van der Waals surface area (Å²) in [5, 5.41) is 16.4. The van der Waals surface area contributed by atoms with Crippen LogP contribution in [-0.4, -0.2) is 32.2 Å². The van der Waals surface area contributed by atoms with Crippen LogP contribution in [0.3, 0.4) is 0 Å². The van der Waals surface area contributed by atoms with Gasteiger partial charge < -0.3 is 5.11 Å². The molecule has 0 aliphatic rings. The van der Waals surface area contributed by atoms with Crippen LogP contribution in [0.2, 0.25) is 0 Å². The first-order valence-corrected chi connectivity index (χ1v) is 7.80. The van der Waals surface area contributed by atoms with Gasteiger partial charge in [-0.25, -0.2) is 9.78 Å². The summed E-state index contributed by atoms with van der Waals surface area (Å²) in [7, 11) is 0. The van der Waals surface area contributed by atoms with Crippen molar-refractivity contribution in [3.05, 3.63) is 21.1 Å². The Hall–Kier alpha value is -1.73. The molecule has 2 aromatic rings. The van der Waals surface area contributed by atoms with E-state index in [4.69, 9.17) is 5.11 Å². The molecule has 2 rings (SSSR count). The predicted molar refractivity (Wildman–Crippen MR) is 71.7 cm³/mol. The number of carboxylic acids is 1. The second kappa shape index (κ2) is 6.58. The van der Waals surface area contributed by atoms with Gasteiger partial charge in [0.05, 0.1) is 6.42 Å². The van der Waals surface area contributed by atoms with E-state index in [1.54, 1.807) is 0 Å². The van der Waals surface area contributed by atoms with Crippen LogP contribution in [0.5, 0.6) is 0 Å². The highest BCUT2D eigenvalue weighted by atomic mass is 32.2. The summed E-state index contributed by atoms with van der Waals surface area (Å²) in [6.07, 6.45) is -4.96. The monoisotopic (exact) mass is 370 g/mol. The summed E-state index contributed by atoms with van der Waals surface area (Å²) in [6, 6.07) is 0. The van der Waals surface area contributed by atoms with Gasteiger partial charge >= 0.3 is 12.1 Å². The molecule has 0 radical (unpaired) electrons. The number of hydrogen-bond donors (Lipinski definition) is 2. The summed E-state index contributed by atoms with van der Waals surface area (Å²) in [5.74, 6) is -2.24. The molecule has 0 saturated heterocycles. The van der Waals surface area contributed by atoms with Crippen molar-refractivity contribution in [1.29, 1.82) is 0 Å². The zero-order valence-electron chi connectivity index (χ0n) is 10.2. The van der Waals surface area contributed by atoms with Gasteiger partial charge in [0, 0.05) is 11.9 Å². The fourth-order valence-electron chi connectivity index (χ4n) is 1.23. The molecule has 0 aliphatic heterocycles. The van der Waals surface area contributed by atoms with Crippen molar-refractivity contribution in [3.63, 3.8) is 0 Å². The van der Waals surface area contributed by atoms with E-state index >= 15 is 0 Å². The van der Waals surface area contributed by atoms with E-state index in [0.717, 1.165) is 11.3 Å². The third kappa shape index (κ3) is 4.14. The van der Waals surface area contributed by atoms with Crippen molar-refractivity contribution >= 4 is 46.5 Å². The smallest absolute Gasteiger partial charge is 0.435 e. The fourth-order valence-corrected chi connectivity index (χ4v) is 3.36. The van der Waals surface area contributed by atoms with Crippen LogP contribution in [0.15, 0.2) is 9.85 Å². The first kappa shape index (κ1) is 16.6. The van der Waals surface area contributed by atoms with Crippen LogP contribution in [0.1, 0.15) is 20.4 Å². The number of aromatic carboxylic acids is 1. The van der Waals surface area contributed by atoms with Crippen LogP contribution >= 0.6 is 34.6 Å². The number of alkyl halides is 3. The third-order valence-corrected chi connectivity index (χ3v) is 4.67. The molecule has 0 aromatic carbocycles. The Morgan fingerprint density at radius 1 is 1.41 bits per heavy atom. The van der Waals surface area contributed by atoms with Crippen LogP contribution < -0.4 is 4.72 Å². The van der Waals surface area contributed by atoms with E-state index in [-0.39, 0.29) is 10.8 Å². The largest absolute Gasteiger partial charge is 0.477 e. The lowest BCUT2D eigenvalue weighted by Crippen LogP contribution is -2.18. The topological polar surface area (TPSA) is 105 Å². The summed E-state index contributed by atoms with van der Waals surface area (Å²) < 4.78 is 40.0. The minimum atomic E-state index is -4.88. The first-order valence-electron chi connectivity index (χ1n) is 5.29. The third-order valence-electron chi connectivity index (χ3n) is 2.04. The lowest BCUT2D eigenvalue weighted by Gasteiger charge is -2.02. The van der Waals surface area contributed by atoms with Crippen molar-refractivity contribution in [2.24, 2.45) is 0 Å². The number of halogens is 3. The van der Waals surface area contributed by atoms with Crippen molar-refractivity contribution in [3.8, 4) is 0 Å². The molecule has 0 spiro atoms. The quantitative estimate of drug-likeness (QED) is 0.776. The minimum absolute atomic E-state index is 0.0824. The predicted octanol–water partition coefficient (Wildman–Crippen LogP) is 2.08. The number of nitrogens with zero attached hydrogens (tertiary/aromatic N) is 3. The standard InChI is InChI=1S/C9H5F3N4O3S3/c10-9(11,12)6-5(7(18)19)21-8(14-6)22-16-3(17)1-4-15-13-2-20-4/h2H,1H2,(H,16,17)(H,18,19). The Morgan fingerprint density at radius 3 is 2.64 bits per heavy atom. The maximum atomic E-state index is 12.6. The molecule has 0 fully saturated rings. The number of hydrogen-bond acceptors (Lipinski definition) is 8. The highest BCUT2D eigenvalue weighted by Gasteiger charge is 2.39. The maximum absolute atomic E-state index is 12.6. The van der Waals surface area contributed by atoms with E-state index in [2.05, 4.69) is 19.9 Å². The number of amides is 1. The molecule has 2 heterocycles. The Bertz CT molecular complexity index is 686. The van der Waals surface area contributed by atoms with E-state index < -0.39 is 28.6 Å². The van der Waals surface area contributed by atoms with Gasteiger partial charge in [-0.05, 0) is 0 Å². The van der Waals surface area contributed by atoms with Gasteiger partial charge in [0.25, 0.3) is 0 Å². The molecule has 22 heavy (non-hydrogen) atoms. The number of carboxylic acid groups (broad SMARTS) is 1. The lowest BCUT2D eigenvalue weighted by atomic mass is 10.3. The molecule has 13 heteroatoms. The van der Waals surface area contributed by atoms with E-state index in [1.807, 2.05) is 0 Å². The van der Waals surface area contributed by atoms with Crippen LogP contribution in [0.25, 0.3) is 0 Å². The minimum Gasteiger partial charge on any atom is -0.477 e. The molecule has 0 unspecified atom stereocenters. The Labute approximate surface area is 132 Å². The molecule has 118 valence electrons. The molecule has 2 N–H and O–H groups in total. The van der Waals surface area contributed by atoms with Crippen molar-refractivity contribution in [2.45, 2.75) is 16.9 Å². The maximum Gasteiger partial charge on any atom is 0.435 e. The molecule has 7 nitrogen and oxygen atoms in total. The van der Waals surface area contributed by atoms with E-state index in [9.17, 15) is 22.8 Å². The number of carbonyl (C=O) groups is 2. The highest BCUT2D eigenvalue weighted by molar-refractivity contribution is 7.99. The molecule has 0 aliphatic carbocycles. The summed E-state index contributed by atoms with van der Waals surface area (Å²) >= 11 is 2.01. The average molecular weight is 370 g/mol. The molecular formula is C9H5F3N4O3S3. The van der Waals surface area contributed by atoms with Crippen LogP contribution in [0, 0.1) is 0 Å². The van der Waals surface area contributed by atoms with Crippen molar-refractivity contribution in [2.75, 3.05) is 0 Å². The zero-order chi connectivity index (χ0) is 16.3. The van der Waals surface area contributed by atoms with Gasteiger partial charge in [0.15, 0.2) is 10.0 Å². The number of nitrogens with one attached hydrogen (secondary N) is 1. The molecule has 0 atom stereocenters. The first-order chi connectivity index (χ1) is 10.3. The molecular weight excluding hydrogens is 365 g/mol. The normalized spacial score (nSPS) is 11.4. The molecule has 0 bridgehead atoms. The lowest BCUT2D eigenvalue weighted by molar-refractivity contribution is -0.141. The second-order valence-electron chi connectivity index (χ2n) is 3.60. The van der Waals surface area contributed by atoms with E-state index in [1.165, 1.54) is 5.51 Å². The van der Waals surface area contributed by atoms with Crippen LogP contribution in [0.4, 0.5) is 13.2 Å². The van der Waals surface area contributed by atoms with E-state index in [0.29, 0.717) is 28.3 Å². The SMILES string of the molecule is O=C(Cc1nncs1)NSc1nc(C(F)(F)F)c(C(=O)O)s1. The number of aromatic nitrogens is 3. The van der Waals surface area contributed by atoms with Gasteiger partial charge in [-0.2, -0.15) is 13.2 Å². The van der Waals surface area contributed by atoms with Gasteiger partial charge in [-0.1, -0.05) is 11.3 Å². The summed E-state index contributed by atoms with van der Waals surface area (Å²) in [4.78, 5) is 24.6. The molecule has 2 aromatic heterocycles. The van der Waals surface area contributed by atoms with Crippen LogP contribution in [-0.2, 0) is 17.4 Å². The Morgan fingerprint density at radius 2 is 2.14 bits per heavy atom. The Balaban J connectivity index is 2.04. The zero-order valence-corrected chi connectivity index (χ0v) is 12.7. The van der Waals surface area contributed by atoms with Gasteiger partial charge in [0.1, 0.15) is 15.4 Å². The summed E-state index contributed by atoms with van der Waals surface area (Å²) in [6.45, 7) is 0. The van der Waals surface area contributed by atoms with Crippen molar-refractivity contribution < 1.29 is 27.9 Å². The van der Waals surface area contributed by atoms with Gasteiger partial charge in [-0.3, -0.25) is 9.52 Å².